The molecule has 0 atom stereocenters. The number of carbonyl (C=O) groups is 3. The minimum atomic E-state index is -2.08. The first-order valence-corrected chi connectivity index (χ1v) is 17.5. The molecule has 20 heteroatoms. The van der Waals surface area contributed by atoms with E-state index in [4.69, 9.17) is 38.7 Å². The molecule has 0 saturated carbocycles. The number of aromatic nitrogens is 4. The van der Waals surface area contributed by atoms with Crippen molar-refractivity contribution in [3.05, 3.63) is 70.4 Å². The summed E-state index contributed by atoms with van der Waals surface area (Å²) in [5.74, 6) is -0.0772. The summed E-state index contributed by atoms with van der Waals surface area (Å²) >= 11 is 3.40. The van der Waals surface area contributed by atoms with E-state index in [-0.39, 0.29) is 149 Å². The minimum Gasteiger partial charge on any atom is -0.565 e. The summed E-state index contributed by atoms with van der Waals surface area (Å²) in [6.07, 6.45) is 4.31. The normalized spacial score (nSPS) is 14.0. The number of hydrogen-bond donors (Lipinski definition) is 2. The van der Waals surface area contributed by atoms with Gasteiger partial charge in [-0.15, -0.1) is 0 Å². The van der Waals surface area contributed by atoms with Crippen LogP contribution in [0.2, 0.25) is 0 Å². The molecule has 2 aliphatic heterocycles. The monoisotopic (exact) mass is 1050 g/mol. The van der Waals surface area contributed by atoms with E-state index in [1.807, 2.05) is 12.1 Å². The van der Waals surface area contributed by atoms with Crippen LogP contribution in [0, 0.1) is 0 Å². The quantitative estimate of drug-likeness (QED) is 0.114. The fourth-order valence-corrected chi connectivity index (χ4v) is 5.36. The van der Waals surface area contributed by atoms with Gasteiger partial charge in [0.1, 0.15) is 23.5 Å². The zero-order valence-electron chi connectivity index (χ0n) is 30.7. The Bertz CT molecular complexity index is 1720. The molecule has 4 aromatic rings. The van der Waals surface area contributed by atoms with E-state index in [0.717, 1.165) is 76.8 Å². The summed E-state index contributed by atoms with van der Waals surface area (Å²) in [7, 11) is 0. The number of alkyl halides is 1. The van der Waals surface area contributed by atoms with Crippen LogP contribution in [-0.2, 0) is 18.9 Å². The molecule has 0 spiro atoms. The molecule has 280 valence electrons. The summed E-state index contributed by atoms with van der Waals surface area (Å²) in [6, 6.07) is 6.47. The molecule has 2 aliphatic rings. The van der Waals surface area contributed by atoms with E-state index in [1.54, 1.807) is 35.3 Å². The number of H-pyrrole nitrogens is 1. The molecule has 53 heavy (non-hydrogen) atoms. The number of nitrogens with zero attached hydrogens (tertiary/aromatic N) is 5. The van der Waals surface area contributed by atoms with E-state index >= 15 is 0 Å². The molecule has 0 bridgehead atoms. The first-order valence-electron chi connectivity index (χ1n) is 16.4. The zero-order valence-corrected chi connectivity index (χ0v) is 44.8. The van der Waals surface area contributed by atoms with E-state index in [1.165, 1.54) is 24.5 Å². The van der Waals surface area contributed by atoms with E-state index in [9.17, 15) is 14.4 Å². The number of carbonyl (C=O) groups excluding carboxylic acids is 2. The molecule has 4 aromatic heterocycles. The predicted molar refractivity (Wildman–Crippen MR) is 187 cm³/mol. The third-order valence-corrected chi connectivity index (χ3v) is 7.67. The van der Waals surface area contributed by atoms with Gasteiger partial charge in [-0.3, -0.25) is 19.1 Å². The van der Waals surface area contributed by atoms with E-state index in [0.29, 0.717) is 42.0 Å². The molecule has 2 saturated heterocycles. The van der Waals surface area contributed by atoms with Gasteiger partial charge in [-0.05, 0) is 19.9 Å². The molecule has 2 N–H and O–H groups in total. The number of aromatic amines is 1. The Kier molecular flexibility index (Phi) is 27.6. The van der Waals surface area contributed by atoms with Gasteiger partial charge in [-0.2, -0.15) is 5.10 Å². The molecule has 6 heterocycles. The van der Waals surface area contributed by atoms with Crippen LogP contribution in [-0.4, -0.2) is 143 Å². The van der Waals surface area contributed by atoms with Gasteiger partial charge in [0.2, 0.25) is 6.16 Å². The molecule has 0 amide bonds. The Morgan fingerprint density at radius 2 is 1.45 bits per heavy atom. The summed E-state index contributed by atoms with van der Waals surface area (Å²) in [6.45, 7) is 14.3. The smallest absolute Gasteiger partial charge is 0.565 e. The number of nitrogens with one attached hydrogen (secondary N) is 1. The minimum absolute atomic E-state index is 0. The van der Waals surface area contributed by atoms with Gasteiger partial charge in [-0.1, -0.05) is 15.9 Å². The zero-order chi connectivity index (χ0) is 37.0. The molecular formula is C33H44BrCs2N6O11+. The van der Waals surface area contributed by atoms with Crippen molar-refractivity contribution in [1.29, 1.82) is 0 Å². The van der Waals surface area contributed by atoms with Crippen molar-refractivity contribution in [2.24, 2.45) is 0 Å². The Morgan fingerprint density at radius 1 is 0.887 bits per heavy atom. The van der Waals surface area contributed by atoms with E-state index in [2.05, 4.69) is 35.9 Å². The van der Waals surface area contributed by atoms with Crippen LogP contribution in [0.15, 0.2) is 53.8 Å². The van der Waals surface area contributed by atoms with Crippen molar-refractivity contribution in [2.45, 2.75) is 13.8 Å². The fourth-order valence-electron chi connectivity index (χ4n) is 4.86. The number of hydrogen-bond acceptors (Lipinski definition) is 13. The third kappa shape index (κ3) is 18.6. The van der Waals surface area contributed by atoms with Gasteiger partial charge in [-0.25, -0.2) is 14.1 Å². The number of morpholine rings is 2. The summed E-state index contributed by atoms with van der Waals surface area (Å²) in [5, 5.41) is 23.4. The summed E-state index contributed by atoms with van der Waals surface area (Å²) in [4.78, 5) is 47.7. The number of carboxylic acid groups (broad SMARTS) is 2. The first kappa shape index (κ1) is 50.6. The molecule has 17 nitrogen and oxygen atoms in total. The Labute approximate surface area is 433 Å². The Hall–Kier alpha value is -0.386. The van der Waals surface area contributed by atoms with Gasteiger partial charge in [0, 0.05) is 81.4 Å². The van der Waals surface area contributed by atoms with Gasteiger partial charge in [0.15, 0.2) is 5.43 Å². The topological polar surface area (TPSA) is 202 Å². The van der Waals surface area contributed by atoms with Crippen molar-refractivity contribution < 1.29 is 186 Å². The van der Waals surface area contributed by atoms with Gasteiger partial charge in [0.25, 0.3) is 0 Å². The van der Waals surface area contributed by atoms with Crippen LogP contribution in [0.4, 0.5) is 4.79 Å². The number of fused-ring (bicyclic) bond motifs is 2. The van der Waals surface area contributed by atoms with Gasteiger partial charge >= 0.3 is 150 Å². The van der Waals surface area contributed by atoms with Crippen molar-refractivity contribution in [3.8, 4) is 5.75 Å². The van der Waals surface area contributed by atoms with Crippen LogP contribution in [0.5, 0.6) is 5.75 Å². The van der Waals surface area contributed by atoms with E-state index < -0.39 is 12.1 Å². The van der Waals surface area contributed by atoms with Crippen LogP contribution in [0.3, 0.4) is 0 Å². The van der Waals surface area contributed by atoms with Crippen LogP contribution < -0.4 is 153 Å². The number of rotatable bonds is 10. The molecule has 0 radical (unpaired) electrons. The number of halogens is 1. The van der Waals surface area contributed by atoms with Crippen LogP contribution >= 0.6 is 15.9 Å². The maximum Gasteiger partial charge on any atom is 1.00 e. The molecular weight excluding hydrogens is 1000 g/mol. The number of ether oxygens (including phenoxy) is 5. The van der Waals surface area contributed by atoms with Crippen LogP contribution in [0.25, 0.3) is 11.0 Å². The molecule has 0 aromatic carbocycles. The first-order chi connectivity index (χ1) is 24.7. The Morgan fingerprint density at radius 3 is 2.02 bits per heavy atom. The van der Waals surface area contributed by atoms with Crippen molar-refractivity contribution in [2.75, 3.05) is 90.8 Å². The largest absolute Gasteiger partial charge is 1.00 e. The van der Waals surface area contributed by atoms with Gasteiger partial charge < -0.3 is 43.8 Å². The van der Waals surface area contributed by atoms with Crippen molar-refractivity contribution >= 4 is 45.1 Å². The summed E-state index contributed by atoms with van der Waals surface area (Å²) < 4.78 is 29.5. The second kappa shape index (κ2) is 28.9. The molecule has 6 rings (SSSR count). The van der Waals surface area contributed by atoms with Crippen molar-refractivity contribution in [1.82, 2.24) is 29.0 Å². The maximum atomic E-state index is 11.9. The Balaban J connectivity index is 0.000000403. The fraction of sp³-hybridized carbons (Fsp3) is 0.485. The maximum absolute atomic E-state index is 11.9. The molecule has 0 unspecified atom stereocenters. The molecule has 0 aliphatic carbocycles. The third-order valence-electron chi connectivity index (χ3n) is 7.32. The second-order valence-corrected chi connectivity index (χ2v) is 11.5. The second-order valence-electron chi connectivity index (χ2n) is 10.7. The summed E-state index contributed by atoms with van der Waals surface area (Å²) in [5.41, 5.74) is 1.90. The standard InChI is InChI=1S/C16H21N3O4.C10H10N2O3.C6H12BrNO.CH2O3.2Cs/c1-2-22-16(20)14-12-17-19-4-3-13(11-15(14)19)23-10-7-18-5-8-21-9-6-18;1-2-15-10(14)8-6-11-12-4-3-7(13)5-9(8)12;7-1-2-8-3-5-9-6-4-8;2-1(3)4;;/h3-4,11-12H,2,5-10H2,1H3;3-6,11H,2H2,1H3;1-6H2;(H2,2,3,4);;/q;;;;2*+1/p-1. The predicted octanol–water partition coefficient (Wildman–Crippen LogP) is -4.36. The average Bonchev–Trinajstić information content (AvgIpc) is 3.74. The molecule has 2 fully saturated rings. The number of pyridine rings is 2. The van der Waals surface area contributed by atoms with Crippen LogP contribution in [0.1, 0.15) is 34.6 Å². The van der Waals surface area contributed by atoms with Crippen molar-refractivity contribution in [3.63, 3.8) is 0 Å². The number of esters is 2. The average molecular weight is 1050 g/mol. The van der Waals surface area contributed by atoms with Gasteiger partial charge in [0.05, 0.1) is 56.9 Å². The SMILES string of the molecule is BrCCN1CCOCC1.CCOC(=O)c1c[nH]n2ccc(=O)cc12.CCOC(=O)c1cnn2ccc(OCCN3CCOCC3)cc12.O=C([O-])O.[Cs+].[Cs+].